The fourth-order valence-corrected chi connectivity index (χ4v) is 2.58. The number of hydrogen-bond donors (Lipinski definition) is 0. The third-order valence-electron chi connectivity index (χ3n) is 3.37. The van der Waals surface area contributed by atoms with Crippen LogP contribution in [0.2, 0.25) is 5.02 Å². The van der Waals surface area contributed by atoms with E-state index >= 15 is 0 Å². The highest BCUT2D eigenvalue weighted by Gasteiger charge is 2.37. The summed E-state index contributed by atoms with van der Waals surface area (Å²) in [6, 6.07) is 13.9. The number of carbonyl (C=O) groups excluding carboxylic acids is 2. The van der Waals surface area contributed by atoms with Crippen molar-refractivity contribution in [3.05, 3.63) is 64.2 Å². The Morgan fingerprint density at radius 1 is 1.10 bits per heavy atom. The van der Waals surface area contributed by atoms with Crippen LogP contribution >= 0.6 is 11.6 Å². The summed E-state index contributed by atoms with van der Waals surface area (Å²) in [4.78, 5) is 25.5. The van der Waals surface area contributed by atoms with Crippen LogP contribution in [-0.2, 0) is 11.3 Å². The van der Waals surface area contributed by atoms with E-state index in [9.17, 15) is 9.59 Å². The molecule has 4 nitrogen and oxygen atoms in total. The first-order valence-corrected chi connectivity index (χ1v) is 6.63. The summed E-state index contributed by atoms with van der Waals surface area (Å²) in [5.41, 5.74) is 2.17. The number of nitrogens with zero attached hydrogens (tertiary/aromatic N) is 2. The van der Waals surface area contributed by atoms with Gasteiger partial charge in [-0.15, -0.1) is 0 Å². The lowest BCUT2D eigenvalue weighted by atomic mass is 10.1. The summed E-state index contributed by atoms with van der Waals surface area (Å²) < 4.78 is 0. The van der Waals surface area contributed by atoms with Gasteiger partial charge in [-0.3, -0.25) is 9.59 Å². The van der Waals surface area contributed by atoms with E-state index < -0.39 is 11.7 Å². The monoisotopic (exact) mass is 296 g/mol. The molecule has 0 fully saturated rings. The second-order valence-electron chi connectivity index (χ2n) is 4.66. The lowest BCUT2D eigenvalue weighted by Crippen LogP contribution is -2.29. The molecule has 2 aromatic carbocycles. The van der Waals surface area contributed by atoms with E-state index in [1.807, 2.05) is 6.07 Å². The van der Waals surface area contributed by atoms with E-state index in [4.69, 9.17) is 16.9 Å². The maximum atomic E-state index is 12.1. The van der Waals surface area contributed by atoms with Gasteiger partial charge in [0.2, 0.25) is 0 Å². The predicted molar refractivity (Wildman–Crippen MR) is 78.1 cm³/mol. The molecule has 102 valence electrons. The molecular weight excluding hydrogens is 288 g/mol. The normalized spacial score (nSPS) is 13.2. The van der Waals surface area contributed by atoms with Crippen molar-refractivity contribution in [3.8, 4) is 6.07 Å². The number of benzene rings is 2. The van der Waals surface area contributed by atoms with Crippen molar-refractivity contribution in [1.82, 2.24) is 0 Å². The van der Waals surface area contributed by atoms with Crippen molar-refractivity contribution in [1.29, 1.82) is 5.26 Å². The SMILES string of the molecule is N#Cc1ccc(CN2C(=O)C(=O)c3c(Cl)cccc32)cc1. The van der Waals surface area contributed by atoms with Crippen LogP contribution in [0.15, 0.2) is 42.5 Å². The number of hydrogen-bond acceptors (Lipinski definition) is 3. The molecule has 1 aliphatic rings. The largest absolute Gasteiger partial charge is 0.300 e. The topological polar surface area (TPSA) is 61.2 Å². The Balaban J connectivity index is 1.97. The Morgan fingerprint density at radius 3 is 2.48 bits per heavy atom. The van der Waals surface area contributed by atoms with Gasteiger partial charge in [0.15, 0.2) is 0 Å². The molecule has 0 spiro atoms. The van der Waals surface area contributed by atoms with Crippen molar-refractivity contribution in [2.24, 2.45) is 0 Å². The summed E-state index contributed by atoms with van der Waals surface area (Å²) >= 11 is 6.00. The van der Waals surface area contributed by atoms with E-state index in [2.05, 4.69) is 0 Å². The first-order valence-electron chi connectivity index (χ1n) is 6.25. The molecule has 0 radical (unpaired) electrons. The molecule has 1 heterocycles. The molecule has 1 aliphatic heterocycles. The van der Waals surface area contributed by atoms with Crippen LogP contribution in [0.4, 0.5) is 5.69 Å². The van der Waals surface area contributed by atoms with Crippen LogP contribution in [-0.4, -0.2) is 11.7 Å². The second kappa shape index (κ2) is 5.04. The van der Waals surface area contributed by atoms with Crippen LogP contribution in [0.5, 0.6) is 0 Å². The van der Waals surface area contributed by atoms with Gasteiger partial charge in [-0.2, -0.15) is 5.26 Å². The third kappa shape index (κ3) is 2.18. The van der Waals surface area contributed by atoms with Crippen molar-refractivity contribution in [2.75, 3.05) is 4.90 Å². The highest BCUT2D eigenvalue weighted by atomic mass is 35.5. The highest BCUT2D eigenvalue weighted by molar-refractivity contribution is 6.55. The highest BCUT2D eigenvalue weighted by Crippen LogP contribution is 2.34. The van der Waals surface area contributed by atoms with Gasteiger partial charge in [-0.05, 0) is 29.8 Å². The maximum Gasteiger partial charge on any atom is 0.299 e. The van der Waals surface area contributed by atoms with Gasteiger partial charge in [0.05, 0.1) is 34.5 Å². The van der Waals surface area contributed by atoms with Crippen LogP contribution < -0.4 is 4.90 Å². The zero-order valence-corrected chi connectivity index (χ0v) is 11.6. The van der Waals surface area contributed by atoms with E-state index in [0.29, 0.717) is 11.3 Å². The zero-order chi connectivity index (χ0) is 15.0. The molecule has 0 saturated carbocycles. The van der Waals surface area contributed by atoms with Gasteiger partial charge in [0.1, 0.15) is 0 Å². The lowest BCUT2D eigenvalue weighted by Gasteiger charge is -2.16. The molecule has 2 aromatic rings. The van der Waals surface area contributed by atoms with Crippen molar-refractivity contribution >= 4 is 29.0 Å². The Bertz CT molecular complexity index is 791. The van der Waals surface area contributed by atoms with Gasteiger partial charge < -0.3 is 4.90 Å². The molecule has 0 atom stereocenters. The molecule has 0 unspecified atom stereocenters. The van der Waals surface area contributed by atoms with E-state index in [1.54, 1.807) is 42.5 Å². The van der Waals surface area contributed by atoms with Gasteiger partial charge in [0, 0.05) is 0 Å². The number of rotatable bonds is 2. The quantitative estimate of drug-likeness (QED) is 0.801. The van der Waals surface area contributed by atoms with Gasteiger partial charge >= 0.3 is 0 Å². The minimum atomic E-state index is -0.581. The predicted octanol–water partition coefficient (Wildman–Crippen LogP) is 2.94. The van der Waals surface area contributed by atoms with Crippen LogP contribution in [0.3, 0.4) is 0 Å². The molecule has 3 rings (SSSR count). The van der Waals surface area contributed by atoms with Crippen molar-refractivity contribution < 1.29 is 9.59 Å². The Hall–Kier alpha value is -2.64. The number of halogens is 1. The number of carbonyl (C=O) groups is 2. The first-order chi connectivity index (χ1) is 10.1. The molecule has 0 aliphatic carbocycles. The van der Waals surface area contributed by atoms with Crippen molar-refractivity contribution in [2.45, 2.75) is 6.54 Å². The molecule has 0 aromatic heterocycles. The minimum absolute atomic E-state index is 0.262. The molecule has 0 N–H and O–H groups in total. The average molecular weight is 297 g/mol. The summed E-state index contributed by atoms with van der Waals surface area (Å²) in [6.07, 6.45) is 0. The zero-order valence-electron chi connectivity index (χ0n) is 10.8. The Labute approximate surface area is 126 Å². The lowest BCUT2D eigenvalue weighted by molar-refractivity contribution is -0.114. The molecule has 0 bridgehead atoms. The van der Waals surface area contributed by atoms with Crippen molar-refractivity contribution in [3.63, 3.8) is 0 Å². The smallest absolute Gasteiger partial charge is 0.299 e. The van der Waals surface area contributed by atoms with Crippen LogP contribution in [0.1, 0.15) is 21.5 Å². The number of Topliss-reactive ketones (excluding diaryl/α,β-unsaturated/α-hetero) is 1. The van der Waals surface area contributed by atoms with Gasteiger partial charge in [-0.1, -0.05) is 29.8 Å². The van der Waals surface area contributed by atoms with Crippen LogP contribution in [0, 0.1) is 11.3 Å². The van der Waals surface area contributed by atoms with Crippen LogP contribution in [0.25, 0.3) is 0 Å². The van der Waals surface area contributed by atoms with Gasteiger partial charge in [-0.25, -0.2) is 0 Å². The fourth-order valence-electron chi connectivity index (χ4n) is 2.33. The summed E-state index contributed by atoms with van der Waals surface area (Å²) in [6.45, 7) is 0.267. The summed E-state index contributed by atoms with van der Waals surface area (Å²) in [7, 11) is 0. The molecule has 5 heteroatoms. The third-order valence-corrected chi connectivity index (χ3v) is 3.69. The number of nitriles is 1. The molecule has 0 saturated heterocycles. The van der Waals surface area contributed by atoms with Gasteiger partial charge in [0.25, 0.3) is 11.7 Å². The Morgan fingerprint density at radius 2 is 1.81 bits per heavy atom. The molecule has 1 amide bonds. The molecular formula is C16H9ClN2O2. The summed E-state index contributed by atoms with van der Waals surface area (Å²) in [5, 5.41) is 9.06. The maximum absolute atomic E-state index is 12.1. The van der Waals surface area contributed by atoms with E-state index in [-0.39, 0.29) is 17.1 Å². The Kier molecular flexibility index (Phi) is 3.20. The standard InChI is InChI=1S/C16H9ClN2O2/c17-12-2-1-3-13-14(12)15(20)16(21)19(13)9-11-6-4-10(8-18)5-7-11/h1-7H,9H2. The average Bonchev–Trinajstić information content (AvgIpc) is 2.74. The minimum Gasteiger partial charge on any atom is -0.300 e. The fraction of sp³-hybridized carbons (Fsp3) is 0.0625. The number of amides is 1. The molecule has 21 heavy (non-hydrogen) atoms. The number of fused-ring (bicyclic) bond motifs is 1. The second-order valence-corrected chi connectivity index (χ2v) is 5.07. The first kappa shape index (κ1) is 13.3. The van der Waals surface area contributed by atoms with E-state index in [1.165, 1.54) is 4.90 Å². The number of anilines is 1. The summed E-state index contributed by atoms with van der Waals surface area (Å²) in [5.74, 6) is -1.16. The number of ketones is 1. The van der Waals surface area contributed by atoms with E-state index in [0.717, 1.165) is 5.56 Å².